The summed E-state index contributed by atoms with van der Waals surface area (Å²) < 4.78 is 11.4. The molecule has 3 nitrogen and oxygen atoms in total. The molecule has 0 saturated heterocycles. The SMILES string of the molecule is CCOc1cc(CN)ccc1OCc1ccc(C)cc1Cl. The molecular formula is C17H20ClNO2. The predicted molar refractivity (Wildman–Crippen MR) is 86.0 cm³/mol. The summed E-state index contributed by atoms with van der Waals surface area (Å²) >= 11 is 6.22. The maximum Gasteiger partial charge on any atom is 0.161 e. The Bertz CT molecular complexity index is 614. The molecule has 0 aromatic heterocycles. The molecule has 0 saturated carbocycles. The Morgan fingerprint density at radius 1 is 1.05 bits per heavy atom. The number of benzene rings is 2. The number of aryl methyl sites for hydroxylation is 1. The van der Waals surface area contributed by atoms with Crippen LogP contribution in [0.2, 0.25) is 5.02 Å². The molecule has 0 unspecified atom stereocenters. The lowest BCUT2D eigenvalue weighted by molar-refractivity contribution is 0.269. The molecule has 2 aromatic carbocycles. The molecule has 0 amide bonds. The van der Waals surface area contributed by atoms with Crippen LogP contribution < -0.4 is 15.2 Å². The maximum absolute atomic E-state index is 6.22. The van der Waals surface area contributed by atoms with Crippen molar-refractivity contribution in [2.75, 3.05) is 6.61 Å². The van der Waals surface area contributed by atoms with Gasteiger partial charge in [0.1, 0.15) is 6.61 Å². The van der Waals surface area contributed by atoms with Crippen molar-refractivity contribution in [1.29, 1.82) is 0 Å². The summed E-state index contributed by atoms with van der Waals surface area (Å²) in [6, 6.07) is 11.7. The van der Waals surface area contributed by atoms with Crippen LogP contribution in [0.1, 0.15) is 23.6 Å². The van der Waals surface area contributed by atoms with Gasteiger partial charge in [-0.05, 0) is 43.2 Å². The zero-order valence-corrected chi connectivity index (χ0v) is 13.1. The van der Waals surface area contributed by atoms with E-state index in [0.29, 0.717) is 36.3 Å². The fourth-order valence-electron chi connectivity index (χ4n) is 1.99. The van der Waals surface area contributed by atoms with E-state index in [1.165, 1.54) is 0 Å². The Labute approximate surface area is 130 Å². The van der Waals surface area contributed by atoms with Crippen LogP contribution in [0.4, 0.5) is 0 Å². The zero-order chi connectivity index (χ0) is 15.2. The highest BCUT2D eigenvalue weighted by molar-refractivity contribution is 6.31. The molecule has 4 heteroatoms. The fourth-order valence-corrected chi connectivity index (χ4v) is 2.28. The molecule has 2 aromatic rings. The first kappa shape index (κ1) is 15.7. The average Bonchev–Trinajstić information content (AvgIpc) is 2.47. The molecule has 2 N–H and O–H groups in total. The highest BCUT2D eigenvalue weighted by atomic mass is 35.5. The second-order valence-corrected chi connectivity index (χ2v) is 5.21. The van der Waals surface area contributed by atoms with Gasteiger partial charge in [-0.2, -0.15) is 0 Å². The molecular weight excluding hydrogens is 286 g/mol. The molecule has 112 valence electrons. The van der Waals surface area contributed by atoms with Gasteiger partial charge in [0.15, 0.2) is 11.5 Å². The highest BCUT2D eigenvalue weighted by Gasteiger charge is 2.08. The standard InChI is InChI=1S/C17H20ClNO2/c1-3-20-17-9-13(10-19)5-7-16(17)21-11-14-6-4-12(2)8-15(14)18/h4-9H,3,10-11,19H2,1-2H3. The van der Waals surface area contributed by atoms with Gasteiger partial charge in [-0.15, -0.1) is 0 Å². The molecule has 0 atom stereocenters. The van der Waals surface area contributed by atoms with Gasteiger partial charge in [-0.25, -0.2) is 0 Å². The first-order valence-corrected chi connectivity index (χ1v) is 7.35. The van der Waals surface area contributed by atoms with Gasteiger partial charge in [0.05, 0.1) is 6.61 Å². The lowest BCUT2D eigenvalue weighted by Crippen LogP contribution is -2.02. The summed E-state index contributed by atoms with van der Waals surface area (Å²) in [4.78, 5) is 0. The minimum atomic E-state index is 0.404. The van der Waals surface area contributed by atoms with Crippen molar-refractivity contribution in [3.63, 3.8) is 0 Å². The fraction of sp³-hybridized carbons (Fsp3) is 0.294. The third-order valence-corrected chi connectivity index (χ3v) is 3.49. The minimum absolute atomic E-state index is 0.404. The van der Waals surface area contributed by atoms with Gasteiger partial charge in [0, 0.05) is 17.1 Å². The van der Waals surface area contributed by atoms with Crippen LogP contribution in [-0.4, -0.2) is 6.61 Å². The Morgan fingerprint density at radius 3 is 2.52 bits per heavy atom. The van der Waals surface area contributed by atoms with Crippen molar-refractivity contribution in [2.24, 2.45) is 5.73 Å². The third-order valence-electron chi connectivity index (χ3n) is 3.14. The van der Waals surface area contributed by atoms with Gasteiger partial charge in [-0.1, -0.05) is 29.8 Å². The molecule has 0 radical (unpaired) electrons. The molecule has 0 bridgehead atoms. The summed E-state index contributed by atoms with van der Waals surface area (Å²) in [5.41, 5.74) is 8.75. The van der Waals surface area contributed by atoms with Crippen LogP contribution >= 0.6 is 11.6 Å². The smallest absolute Gasteiger partial charge is 0.161 e. The zero-order valence-electron chi connectivity index (χ0n) is 12.4. The van der Waals surface area contributed by atoms with Gasteiger partial charge in [-0.3, -0.25) is 0 Å². The largest absolute Gasteiger partial charge is 0.490 e. The van der Waals surface area contributed by atoms with E-state index in [1.807, 2.05) is 50.2 Å². The first-order chi connectivity index (χ1) is 10.1. The molecule has 21 heavy (non-hydrogen) atoms. The van der Waals surface area contributed by atoms with E-state index < -0.39 is 0 Å². The Balaban J connectivity index is 2.15. The number of nitrogens with two attached hydrogens (primary N) is 1. The second kappa shape index (κ2) is 7.34. The van der Waals surface area contributed by atoms with E-state index in [2.05, 4.69) is 0 Å². The third kappa shape index (κ3) is 4.13. The lowest BCUT2D eigenvalue weighted by Gasteiger charge is -2.14. The minimum Gasteiger partial charge on any atom is -0.490 e. The molecule has 0 aliphatic heterocycles. The number of hydrogen-bond acceptors (Lipinski definition) is 3. The summed E-state index contributed by atoms with van der Waals surface area (Å²) in [7, 11) is 0. The normalized spacial score (nSPS) is 10.5. The summed E-state index contributed by atoms with van der Waals surface area (Å²) in [6.45, 7) is 5.41. The van der Waals surface area contributed by atoms with Crippen molar-refractivity contribution in [3.05, 3.63) is 58.1 Å². The molecule has 0 aliphatic carbocycles. The van der Waals surface area contributed by atoms with Crippen LogP contribution in [0, 0.1) is 6.92 Å². The molecule has 2 rings (SSSR count). The van der Waals surface area contributed by atoms with E-state index in [1.54, 1.807) is 0 Å². The van der Waals surface area contributed by atoms with Gasteiger partial charge >= 0.3 is 0 Å². The van der Waals surface area contributed by atoms with Crippen LogP contribution in [0.15, 0.2) is 36.4 Å². The van der Waals surface area contributed by atoms with E-state index >= 15 is 0 Å². The monoisotopic (exact) mass is 305 g/mol. The number of halogens is 1. The summed E-state index contributed by atoms with van der Waals surface area (Å²) in [6.07, 6.45) is 0. The number of rotatable bonds is 6. The van der Waals surface area contributed by atoms with Crippen molar-refractivity contribution in [1.82, 2.24) is 0 Å². The molecule has 0 aliphatic rings. The maximum atomic E-state index is 6.22. The van der Waals surface area contributed by atoms with Crippen molar-refractivity contribution in [2.45, 2.75) is 27.0 Å². The van der Waals surface area contributed by atoms with E-state index in [9.17, 15) is 0 Å². The molecule has 0 fully saturated rings. The number of ether oxygens (including phenoxy) is 2. The topological polar surface area (TPSA) is 44.5 Å². The van der Waals surface area contributed by atoms with Gasteiger partial charge in [0.25, 0.3) is 0 Å². The second-order valence-electron chi connectivity index (χ2n) is 4.80. The average molecular weight is 306 g/mol. The van der Waals surface area contributed by atoms with Crippen LogP contribution in [0.5, 0.6) is 11.5 Å². The Morgan fingerprint density at radius 2 is 1.86 bits per heavy atom. The summed E-state index contributed by atoms with van der Waals surface area (Å²) in [5, 5.41) is 0.714. The number of hydrogen-bond donors (Lipinski definition) is 1. The Kier molecular flexibility index (Phi) is 5.48. The Hall–Kier alpha value is -1.71. The van der Waals surface area contributed by atoms with Crippen molar-refractivity contribution >= 4 is 11.6 Å². The summed E-state index contributed by atoms with van der Waals surface area (Å²) in [5.74, 6) is 1.41. The quantitative estimate of drug-likeness (QED) is 0.874. The van der Waals surface area contributed by atoms with Gasteiger partial charge < -0.3 is 15.2 Å². The van der Waals surface area contributed by atoms with E-state index in [-0.39, 0.29) is 0 Å². The van der Waals surface area contributed by atoms with Gasteiger partial charge in [0.2, 0.25) is 0 Å². The molecule has 0 heterocycles. The lowest BCUT2D eigenvalue weighted by atomic mass is 10.1. The van der Waals surface area contributed by atoms with Crippen molar-refractivity contribution < 1.29 is 9.47 Å². The molecule has 0 spiro atoms. The van der Waals surface area contributed by atoms with Crippen LogP contribution in [0.25, 0.3) is 0 Å². The van der Waals surface area contributed by atoms with E-state index in [0.717, 1.165) is 16.7 Å². The highest BCUT2D eigenvalue weighted by Crippen LogP contribution is 2.30. The predicted octanol–water partition coefficient (Wildman–Crippen LogP) is 4.08. The van der Waals surface area contributed by atoms with E-state index in [4.69, 9.17) is 26.8 Å². The van der Waals surface area contributed by atoms with Crippen LogP contribution in [0.3, 0.4) is 0 Å². The van der Waals surface area contributed by atoms with Crippen molar-refractivity contribution in [3.8, 4) is 11.5 Å². The van der Waals surface area contributed by atoms with Crippen LogP contribution in [-0.2, 0) is 13.2 Å². The first-order valence-electron chi connectivity index (χ1n) is 6.97.